The van der Waals surface area contributed by atoms with Crippen molar-refractivity contribution in [2.24, 2.45) is 0 Å². The summed E-state index contributed by atoms with van der Waals surface area (Å²) in [6.45, 7) is 5.99. The molecule has 1 aromatic rings. The summed E-state index contributed by atoms with van der Waals surface area (Å²) in [7, 11) is 0. The fraction of sp³-hybridized carbons (Fsp3) is 0.556. The number of rotatable bonds is 4. The molecule has 24 heavy (non-hydrogen) atoms. The van der Waals surface area contributed by atoms with E-state index in [-0.39, 0.29) is 12.0 Å². The van der Waals surface area contributed by atoms with E-state index in [4.69, 9.17) is 9.47 Å². The number of carboxylic acid groups (broad SMARTS) is 1. The van der Waals surface area contributed by atoms with Gasteiger partial charge in [0.05, 0.1) is 24.7 Å². The zero-order valence-corrected chi connectivity index (χ0v) is 14.2. The Bertz CT molecular complexity index is 648. The summed E-state index contributed by atoms with van der Waals surface area (Å²) < 4.78 is 10.8. The molecule has 0 aromatic heterocycles. The first kappa shape index (κ1) is 16.8. The van der Waals surface area contributed by atoms with Gasteiger partial charge in [-0.15, -0.1) is 0 Å². The normalized spacial score (nSPS) is 23.8. The molecule has 1 unspecified atom stereocenters. The largest absolute Gasteiger partial charge is 0.465 e. The summed E-state index contributed by atoms with van der Waals surface area (Å²) in [6.07, 6.45) is 0.592. The highest BCUT2D eigenvalue weighted by Gasteiger charge is 2.53. The molecule has 1 saturated carbocycles. The molecule has 1 aliphatic carbocycles. The number of carbonyl (C=O) groups is 2. The average Bonchev–Trinajstić information content (AvgIpc) is 3.27. The van der Waals surface area contributed by atoms with Crippen LogP contribution >= 0.6 is 0 Å². The highest BCUT2D eigenvalue weighted by atomic mass is 16.5. The van der Waals surface area contributed by atoms with Crippen LogP contribution in [0, 0.1) is 0 Å². The van der Waals surface area contributed by atoms with E-state index in [1.807, 2.05) is 24.3 Å². The van der Waals surface area contributed by atoms with Gasteiger partial charge in [-0.2, -0.15) is 0 Å². The van der Waals surface area contributed by atoms with Crippen LogP contribution in [0.1, 0.15) is 50.8 Å². The Balaban J connectivity index is 1.83. The minimum Gasteiger partial charge on any atom is -0.465 e. The molecule has 1 atom stereocenters. The number of carbonyl (C=O) groups excluding carboxylic acids is 1. The first-order valence-corrected chi connectivity index (χ1v) is 8.26. The molecular formula is C18H23NO5. The molecule has 0 bridgehead atoms. The molecule has 2 fully saturated rings. The highest BCUT2D eigenvalue weighted by molar-refractivity contribution is 5.86. The molecule has 0 spiro atoms. The molecule has 1 amide bonds. The van der Waals surface area contributed by atoms with E-state index in [9.17, 15) is 14.7 Å². The average molecular weight is 333 g/mol. The first-order chi connectivity index (χ1) is 11.3. The van der Waals surface area contributed by atoms with Crippen LogP contribution in [-0.4, -0.2) is 41.0 Å². The molecular weight excluding hydrogens is 310 g/mol. The summed E-state index contributed by atoms with van der Waals surface area (Å²) >= 11 is 0. The predicted molar refractivity (Wildman–Crippen MR) is 86.6 cm³/mol. The number of esters is 1. The van der Waals surface area contributed by atoms with Crippen molar-refractivity contribution in [2.75, 3.05) is 13.2 Å². The molecule has 6 nitrogen and oxygen atoms in total. The van der Waals surface area contributed by atoms with Gasteiger partial charge < -0.3 is 14.6 Å². The summed E-state index contributed by atoms with van der Waals surface area (Å²) in [6, 6.07) is 7.25. The lowest BCUT2D eigenvalue weighted by Crippen LogP contribution is -2.44. The van der Waals surface area contributed by atoms with Crippen molar-refractivity contribution in [3.63, 3.8) is 0 Å². The van der Waals surface area contributed by atoms with Gasteiger partial charge in [-0.3, -0.25) is 9.69 Å². The topological polar surface area (TPSA) is 76.1 Å². The van der Waals surface area contributed by atoms with Gasteiger partial charge in [0.15, 0.2) is 0 Å². The number of ether oxygens (including phenoxy) is 2. The molecule has 1 aromatic carbocycles. The number of hydrogen-bond acceptors (Lipinski definition) is 4. The molecule has 0 radical (unpaired) electrons. The summed E-state index contributed by atoms with van der Waals surface area (Å²) in [4.78, 5) is 25.1. The minimum absolute atomic E-state index is 0.171. The number of benzene rings is 1. The molecule has 1 N–H and O–H groups in total. The summed E-state index contributed by atoms with van der Waals surface area (Å²) in [5, 5.41) is 9.49. The van der Waals surface area contributed by atoms with Crippen molar-refractivity contribution in [3.05, 3.63) is 35.4 Å². The van der Waals surface area contributed by atoms with Gasteiger partial charge in [0.25, 0.3) is 0 Å². The van der Waals surface area contributed by atoms with Crippen LogP contribution in [0.4, 0.5) is 4.79 Å². The number of amides is 1. The first-order valence-electron chi connectivity index (χ1n) is 8.26. The van der Waals surface area contributed by atoms with E-state index in [1.165, 1.54) is 4.90 Å². The van der Waals surface area contributed by atoms with Crippen molar-refractivity contribution in [3.8, 4) is 0 Å². The number of nitrogens with zero attached hydrogens (tertiary/aromatic N) is 1. The van der Waals surface area contributed by atoms with Gasteiger partial charge in [-0.25, -0.2) is 4.79 Å². The fourth-order valence-corrected chi connectivity index (χ4v) is 3.44. The molecule has 130 valence electrons. The van der Waals surface area contributed by atoms with Crippen molar-refractivity contribution >= 4 is 12.1 Å². The highest BCUT2D eigenvalue weighted by Crippen LogP contribution is 2.49. The Hall–Kier alpha value is -2.08. The standard InChI is InChI=1S/C18H23NO5/c1-4-23-15(20)18(9-10-18)13-7-5-12(6-8-13)14-11-24-17(2,3)19(14)16(21)22/h5-8,14H,4,9-11H2,1-3H3,(H,21,22). The lowest BCUT2D eigenvalue weighted by molar-refractivity contribution is -0.146. The van der Waals surface area contributed by atoms with Gasteiger partial charge in [-0.05, 0) is 44.7 Å². The SMILES string of the molecule is CCOC(=O)C1(c2ccc(C3COC(C)(C)N3C(=O)O)cc2)CC1. The van der Waals surface area contributed by atoms with Crippen LogP contribution in [0.25, 0.3) is 0 Å². The Kier molecular flexibility index (Phi) is 4.03. The van der Waals surface area contributed by atoms with Crippen molar-refractivity contribution in [2.45, 2.75) is 50.8 Å². The Morgan fingerprint density at radius 2 is 1.92 bits per heavy atom. The molecule has 3 rings (SSSR count). The van der Waals surface area contributed by atoms with Crippen LogP contribution in [0.2, 0.25) is 0 Å². The maximum absolute atomic E-state index is 12.2. The second-order valence-corrected chi connectivity index (χ2v) is 6.85. The second-order valence-electron chi connectivity index (χ2n) is 6.85. The minimum atomic E-state index is -1.00. The zero-order valence-electron chi connectivity index (χ0n) is 14.2. The van der Waals surface area contributed by atoms with Crippen molar-refractivity contribution < 1.29 is 24.2 Å². The van der Waals surface area contributed by atoms with E-state index in [2.05, 4.69) is 0 Å². The van der Waals surface area contributed by atoms with E-state index in [0.29, 0.717) is 13.2 Å². The molecule has 6 heteroatoms. The maximum Gasteiger partial charge on any atom is 0.410 e. The Labute approximate surface area is 141 Å². The monoisotopic (exact) mass is 333 g/mol. The lowest BCUT2D eigenvalue weighted by Gasteiger charge is -2.31. The van der Waals surface area contributed by atoms with Crippen molar-refractivity contribution in [1.29, 1.82) is 0 Å². The van der Waals surface area contributed by atoms with E-state index in [1.54, 1.807) is 20.8 Å². The van der Waals surface area contributed by atoms with Crippen LogP contribution in [0.3, 0.4) is 0 Å². The summed E-state index contributed by atoms with van der Waals surface area (Å²) in [5.74, 6) is -0.171. The fourth-order valence-electron chi connectivity index (χ4n) is 3.44. The third-order valence-electron chi connectivity index (χ3n) is 4.96. The van der Waals surface area contributed by atoms with Crippen LogP contribution in [0.15, 0.2) is 24.3 Å². The van der Waals surface area contributed by atoms with Crippen LogP contribution in [0.5, 0.6) is 0 Å². The van der Waals surface area contributed by atoms with Gasteiger partial charge in [-0.1, -0.05) is 24.3 Å². The molecule has 1 aliphatic heterocycles. The molecule has 1 heterocycles. The van der Waals surface area contributed by atoms with Crippen LogP contribution < -0.4 is 0 Å². The molecule has 1 saturated heterocycles. The van der Waals surface area contributed by atoms with Gasteiger partial charge >= 0.3 is 12.1 Å². The quantitative estimate of drug-likeness (QED) is 0.857. The van der Waals surface area contributed by atoms with Crippen molar-refractivity contribution in [1.82, 2.24) is 4.90 Å². The third kappa shape index (κ3) is 2.65. The smallest absolute Gasteiger partial charge is 0.410 e. The molecule has 2 aliphatic rings. The predicted octanol–water partition coefficient (Wildman–Crippen LogP) is 3.07. The van der Waals surface area contributed by atoms with E-state index in [0.717, 1.165) is 24.0 Å². The Morgan fingerprint density at radius 3 is 2.42 bits per heavy atom. The Morgan fingerprint density at radius 1 is 1.29 bits per heavy atom. The zero-order chi connectivity index (χ0) is 17.5. The maximum atomic E-state index is 12.2. The van der Waals surface area contributed by atoms with Gasteiger partial charge in [0.1, 0.15) is 5.72 Å². The number of hydrogen-bond donors (Lipinski definition) is 1. The van der Waals surface area contributed by atoms with E-state index < -0.39 is 17.2 Å². The van der Waals surface area contributed by atoms with Crippen LogP contribution in [-0.2, 0) is 19.7 Å². The lowest BCUT2D eigenvalue weighted by atomic mass is 9.93. The van der Waals surface area contributed by atoms with Gasteiger partial charge in [0.2, 0.25) is 0 Å². The third-order valence-corrected chi connectivity index (χ3v) is 4.96. The van der Waals surface area contributed by atoms with Gasteiger partial charge in [0, 0.05) is 0 Å². The second kappa shape index (κ2) is 5.77. The van der Waals surface area contributed by atoms with E-state index >= 15 is 0 Å². The summed E-state index contributed by atoms with van der Waals surface area (Å²) in [5.41, 5.74) is 0.445.